The quantitative estimate of drug-likeness (QED) is 0.510. The maximum atomic E-state index is 11.0. The Bertz CT molecular complexity index is 187. The summed E-state index contributed by atoms with van der Waals surface area (Å²) >= 11 is 20.5. The van der Waals surface area contributed by atoms with Crippen molar-refractivity contribution in [2.24, 2.45) is 0 Å². The minimum atomic E-state index is -1.94. The van der Waals surface area contributed by atoms with Gasteiger partial charge in [0.1, 0.15) is 4.99 Å². The molecule has 0 aromatic carbocycles. The Hall–Kier alpha value is 0.430. The minimum absolute atomic E-state index is 0.00463. The highest BCUT2D eigenvalue weighted by atomic mass is 35.6. The van der Waals surface area contributed by atoms with E-state index in [1.54, 1.807) is 14.1 Å². The van der Waals surface area contributed by atoms with Crippen LogP contribution in [-0.4, -0.2) is 33.6 Å². The number of nitrogens with zero attached hydrogens (tertiary/aromatic N) is 1. The van der Waals surface area contributed by atoms with E-state index in [4.69, 9.17) is 34.8 Å². The molecule has 0 atom stereocenters. The first-order valence-electron chi connectivity index (χ1n) is 2.59. The molecule has 0 aliphatic rings. The fourth-order valence-electron chi connectivity index (χ4n) is 0.324. The molecule has 6 heteroatoms. The second-order valence-corrected chi connectivity index (χ2v) is 4.69. The fourth-order valence-corrected chi connectivity index (χ4v) is 0.914. The third kappa shape index (κ3) is 3.56. The van der Waals surface area contributed by atoms with Gasteiger partial charge in [-0.15, -0.1) is 0 Å². The molecule has 0 aliphatic heterocycles. The van der Waals surface area contributed by atoms with Gasteiger partial charge in [0.05, 0.1) is 0 Å². The van der Waals surface area contributed by atoms with E-state index in [0.29, 0.717) is 0 Å². The van der Waals surface area contributed by atoms with Gasteiger partial charge in [0.15, 0.2) is 0 Å². The molecule has 0 rings (SSSR count). The lowest BCUT2D eigenvalue weighted by molar-refractivity contribution is -0.112. The average Bonchev–Trinajstić information content (AvgIpc) is 1.82. The molecule has 0 heterocycles. The van der Waals surface area contributed by atoms with Crippen molar-refractivity contribution in [3.63, 3.8) is 0 Å². The maximum absolute atomic E-state index is 11.0. The van der Waals surface area contributed by atoms with Gasteiger partial charge in [0, 0.05) is 14.1 Å². The summed E-state index contributed by atoms with van der Waals surface area (Å²) in [6.07, 6.45) is 0. The first-order valence-corrected chi connectivity index (χ1v) is 4.14. The predicted octanol–water partition coefficient (Wildman–Crippen LogP) is 1.81. The Morgan fingerprint density at radius 3 is 1.82 bits per heavy atom. The van der Waals surface area contributed by atoms with Crippen LogP contribution in [0.1, 0.15) is 0 Å². The highest BCUT2D eigenvalue weighted by Crippen LogP contribution is 2.27. The third-order valence-electron chi connectivity index (χ3n) is 0.858. The van der Waals surface area contributed by atoms with E-state index < -0.39 is 9.58 Å². The van der Waals surface area contributed by atoms with Crippen molar-refractivity contribution in [2.45, 2.75) is 3.79 Å². The van der Waals surface area contributed by atoms with Gasteiger partial charge in [-0.3, -0.25) is 4.79 Å². The van der Waals surface area contributed by atoms with Gasteiger partial charge < -0.3 is 4.90 Å². The molecule has 0 saturated carbocycles. The smallest absolute Gasteiger partial charge is 0.255 e. The number of carbonyl (C=O) groups is 1. The van der Waals surface area contributed by atoms with Crippen LogP contribution in [0, 0.1) is 0 Å². The Kier molecular flexibility index (Phi) is 4.05. The zero-order valence-corrected chi connectivity index (χ0v) is 8.98. The van der Waals surface area contributed by atoms with E-state index in [1.165, 1.54) is 4.90 Å². The molecule has 11 heavy (non-hydrogen) atoms. The van der Waals surface area contributed by atoms with Gasteiger partial charge in [0.25, 0.3) is 3.79 Å². The first-order chi connectivity index (χ1) is 4.76. The third-order valence-corrected chi connectivity index (χ3v) is 1.92. The number of likely N-dealkylation sites (N-methyl/N-ethyl adjacent to an activating group) is 1. The molecule has 0 fully saturated rings. The molecule has 0 aromatic heterocycles. The summed E-state index contributed by atoms with van der Waals surface area (Å²) in [5, 5.41) is 0. The predicted molar refractivity (Wildman–Crippen MR) is 51.6 cm³/mol. The van der Waals surface area contributed by atoms with Crippen LogP contribution in [0.5, 0.6) is 0 Å². The number of hydrogen-bond donors (Lipinski definition) is 0. The van der Waals surface area contributed by atoms with Crippen molar-refractivity contribution in [1.29, 1.82) is 0 Å². The van der Waals surface area contributed by atoms with Crippen LogP contribution >= 0.6 is 47.0 Å². The lowest BCUT2D eigenvalue weighted by Gasteiger charge is -2.15. The summed E-state index contributed by atoms with van der Waals surface area (Å²) in [5.41, 5.74) is 0. The Labute approximate surface area is 85.4 Å². The maximum Gasteiger partial charge on any atom is 0.255 e. The molecule has 0 aromatic rings. The lowest BCUT2D eigenvalue weighted by Crippen LogP contribution is -2.35. The van der Waals surface area contributed by atoms with Crippen molar-refractivity contribution in [3.8, 4) is 0 Å². The van der Waals surface area contributed by atoms with E-state index in [1.807, 2.05) is 0 Å². The number of ketones is 1. The van der Waals surface area contributed by atoms with Crippen LogP contribution in [0.2, 0.25) is 0 Å². The number of rotatable bonds is 1. The molecule has 0 spiro atoms. The van der Waals surface area contributed by atoms with Gasteiger partial charge in [-0.05, 0) is 0 Å². The normalized spacial score (nSPS) is 11.0. The van der Waals surface area contributed by atoms with Crippen LogP contribution in [-0.2, 0) is 4.79 Å². The van der Waals surface area contributed by atoms with E-state index in [2.05, 4.69) is 12.2 Å². The minimum Gasteiger partial charge on any atom is -0.366 e. The van der Waals surface area contributed by atoms with Crippen LogP contribution < -0.4 is 0 Å². The largest absolute Gasteiger partial charge is 0.366 e. The summed E-state index contributed by atoms with van der Waals surface area (Å²) in [6, 6.07) is 0. The van der Waals surface area contributed by atoms with Gasteiger partial charge in [-0.1, -0.05) is 47.0 Å². The van der Waals surface area contributed by atoms with Gasteiger partial charge in [-0.25, -0.2) is 0 Å². The zero-order chi connectivity index (χ0) is 9.23. The lowest BCUT2D eigenvalue weighted by atomic mass is 10.4. The molecule has 0 aliphatic carbocycles. The standard InChI is InChI=1S/C5H6Cl3NOS/c1-9(2)4(11)3(10)5(6,7)8/h1-2H3. The highest BCUT2D eigenvalue weighted by Gasteiger charge is 2.34. The SMILES string of the molecule is CN(C)C(=S)C(=O)C(Cl)(Cl)Cl. The number of alkyl halides is 3. The van der Waals surface area contributed by atoms with Gasteiger partial charge >= 0.3 is 0 Å². The number of carbonyl (C=O) groups excluding carboxylic acids is 1. The number of Topliss-reactive ketones (excluding diaryl/α,β-unsaturated/α-hetero) is 1. The summed E-state index contributed by atoms with van der Waals surface area (Å²) in [5.74, 6) is -0.678. The van der Waals surface area contributed by atoms with Crippen LogP contribution in [0.25, 0.3) is 0 Å². The van der Waals surface area contributed by atoms with Crippen LogP contribution in [0.3, 0.4) is 0 Å². The number of halogens is 3. The van der Waals surface area contributed by atoms with Crippen molar-refractivity contribution in [3.05, 3.63) is 0 Å². The number of hydrogen-bond acceptors (Lipinski definition) is 2. The van der Waals surface area contributed by atoms with Crippen molar-refractivity contribution < 1.29 is 4.79 Å². The molecule has 0 saturated heterocycles. The summed E-state index contributed by atoms with van der Waals surface area (Å²) in [6.45, 7) is 0. The molecule has 0 radical (unpaired) electrons. The highest BCUT2D eigenvalue weighted by molar-refractivity contribution is 7.82. The molecule has 0 bridgehead atoms. The summed E-state index contributed by atoms with van der Waals surface area (Å²) in [4.78, 5) is 12.4. The molecule has 0 unspecified atom stereocenters. The topological polar surface area (TPSA) is 20.3 Å². The fraction of sp³-hybridized carbons (Fsp3) is 0.600. The Morgan fingerprint density at radius 1 is 1.36 bits per heavy atom. The summed E-state index contributed by atoms with van der Waals surface area (Å²) < 4.78 is -1.94. The van der Waals surface area contributed by atoms with E-state index in [9.17, 15) is 4.79 Å². The van der Waals surface area contributed by atoms with Crippen LogP contribution in [0.15, 0.2) is 0 Å². The van der Waals surface area contributed by atoms with Gasteiger partial charge in [-0.2, -0.15) is 0 Å². The van der Waals surface area contributed by atoms with Crippen molar-refractivity contribution in [2.75, 3.05) is 14.1 Å². The molecule has 0 amide bonds. The van der Waals surface area contributed by atoms with E-state index in [-0.39, 0.29) is 4.99 Å². The van der Waals surface area contributed by atoms with Crippen molar-refractivity contribution >= 4 is 57.8 Å². The molecule has 2 nitrogen and oxygen atoms in total. The van der Waals surface area contributed by atoms with Gasteiger partial charge in [0.2, 0.25) is 5.78 Å². The average molecular weight is 235 g/mol. The zero-order valence-electron chi connectivity index (χ0n) is 5.90. The second kappa shape index (κ2) is 3.90. The molecular formula is C5H6Cl3NOS. The number of thiocarbonyl (C=S) groups is 1. The van der Waals surface area contributed by atoms with E-state index in [0.717, 1.165) is 0 Å². The van der Waals surface area contributed by atoms with Crippen LogP contribution in [0.4, 0.5) is 0 Å². The molecule has 0 N–H and O–H groups in total. The first kappa shape index (κ1) is 11.4. The Morgan fingerprint density at radius 2 is 1.73 bits per heavy atom. The molecular weight excluding hydrogens is 228 g/mol. The summed E-state index contributed by atoms with van der Waals surface area (Å²) in [7, 11) is 3.22. The van der Waals surface area contributed by atoms with Crippen molar-refractivity contribution in [1.82, 2.24) is 4.90 Å². The monoisotopic (exact) mass is 233 g/mol. The second-order valence-electron chi connectivity index (χ2n) is 2.03. The Balaban J connectivity index is 4.40. The van der Waals surface area contributed by atoms with E-state index >= 15 is 0 Å². The molecule has 64 valence electrons.